The first kappa shape index (κ1) is 22.8. The van der Waals surface area contributed by atoms with Crippen LogP contribution in [0.25, 0.3) is 0 Å². The number of rotatable bonds is 10. The normalized spacial score (nSPS) is 12.9. The maximum atomic E-state index is 7.11. The molecular weight excluding hydrogens is 364 g/mol. The summed E-state index contributed by atoms with van der Waals surface area (Å²) in [6, 6.07) is 21.5. The summed E-state index contributed by atoms with van der Waals surface area (Å²) >= 11 is 0. The molecule has 2 aromatic carbocycles. The van der Waals surface area contributed by atoms with Gasteiger partial charge in [0.15, 0.2) is 0 Å². The fraction of sp³-hybridized carbons (Fsp3) is 0.500. The first-order valence-corrected chi connectivity index (χ1v) is 12.0. The van der Waals surface area contributed by atoms with E-state index in [1.807, 2.05) is 0 Å². The molecule has 0 bridgehead atoms. The van der Waals surface area contributed by atoms with Crippen LogP contribution in [-0.2, 0) is 13.9 Å². The molecule has 2 aromatic rings. The van der Waals surface area contributed by atoms with Crippen LogP contribution in [0.2, 0.25) is 5.04 Å². The second-order valence-corrected chi connectivity index (χ2v) is 13.0. The molecule has 0 N–H and O–H groups in total. The van der Waals surface area contributed by atoms with Crippen molar-refractivity contribution in [2.75, 3.05) is 34.0 Å². The molecule has 0 saturated heterocycles. The van der Waals surface area contributed by atoms with Crippen molar-refractivity contribution in [1.29, 1.82) is 0 Å². The molecule has 0 unspecified atom stereocenters. The predicted octanol–water partition coefficient (Wildman–Crippen LogP) is 4.25. The Balaban J connectivity index is 2.58. The lowest BCUT2D eigenvalue weighted by Crippen LogP contribution is -2.67. The first-order chi connectivity index (χ1) is 13.3. The summed E-state index contributed by atoms with van der Waals surface area (Å²) in [5.41, 5.74) is -0.156. The van der Waals surface area contributed by atoms with E-state index in [1.165, 1.54) is 10.4 Å². The predicted molar refractivity (Wildman–Crippen MR) is 120 cm³/mol. The fourth-order valence-electron chi connectivity index (χ4n) is 4.07. The molecule has 0 aliphatic rings. The van der Waals surface area contributed by atoms with E-state index in [0.29, 0.717) is 19.8 Å². The summed E-state index contributed by atoms with van der Waals surface area (Å²) in [7, 11) is 0.961. The van der Waals surface area contributed by atoms with Crippen molar-refractivity contribution in [2.24, 2.45) is 5.41 Å². The van der Waals surface area contributed by atoms with Crippen LogP contribution >= 0.6 is 0 Å². The molecule has 0 spiro atoms. The second kappa shape index (κ2) is 9.84. The van der Waals surface area contributed by atoms with Crippen molar-refractivity contribution in [2.45, 2.75) is 39.2 Å². The number of methoxy groups -OCH3 is 2. The quantitative estimate of drug-likeness (QED) is 0.558. The van der Waals surface area contributed by atoms with Crippen LogP contribution < -0.4 is 10.4 Å². The minimum atomic E-state index is -2.54. The highest BCUT2D eigenvalue weighted by atomic mass is 28.4. The van der Waals surface area contributed by atoms with Gasteiger partial charge < -0.3 is 13.9 Å². The zero-order valence-corrected chi connectivity index (χ0v) is 19.3. The summed E-state index contributed by atoms with van der Waals surface area (Å²) in [5.74, 6) is 0. The lowest BCUT2D eigenvalue weighted by atomic mass is 9.88. The average Bonchev–Trinajstić information content (AvgIpc) is 2.69. The van der Waals surface area contributed by atoms with E-state index in [-0.39, 0.29) is 10.5 Å². The van der Waals surface area contributed by atoms with Gasteiger partial charge in [0.1, 0.15) is 0 Å². The van der Waals surface area contributed by atoms with Crippen LogP contribution in [0.15, 0.2) is 60.7 Å². The third kappa shape index (κ3) is 4.74. The van der Waals surface area contributed by atoms with E-state index in [4.69, 9.17) is 13.9 Å². The molecule has 2 rings (SSSR count). The van der Waals surface area contributed by atoms with Gasteiger partial charge in [0.25, 0.3) is 8.32 Å². The van der Waals surface area contributed by atoms with Crippen LogP contribution in [0.1, 0.15) is 34.1 Å². The molecule has 154 valence electrons. The van der Waals surface area contributed by atoms with Crippen LogP contribution in [0.5, 0.6) is 0 Å². The second-order valence-electron chi connectivity index (χ2n) is 8.67. The fourth-order valence-corrected chi connectivity index (χ4v) is 8.74. The first-order valence-electron chi connectivity index (χ1n) is 10.1. The Labute approximate surface area is 172 Å². The third-order valence-electron chi connectivity index (χ3n) is 5.66. The standard InChI is InChI=1S/C24H36O3Si/c1-7-24(18-25-5,19-26-6)20-27-28(23(2,3)4,21-14-10-8-11-15-21)22-16-12-9-13-17-22/h8-17H,7,18-20H2,1-6H3. The van der Waals surface area contributed by atoms with Crippen molar-refractivity contribution in [3.05, 3.63) is 60.7 Å². The molecule has 0 atom stereocenters. The Morgan fingerprint density at radius 3 is 1.46 bits per heavy atom. The molecule has 0 aliphatic carbocycles. The summed E-state index contributed by atoms with van der Waals surface area (Å²) in [6.07, 6.45) is 0.937. The number of hydrogen-bond acceptors (Lipinski definition) is 3. The Bertz CT molecular complexity index is 649. The highest BCUT2D eigenvalue weighted by Gasteiger charge is 2.51. The molecule has 0 heterocycles. The van der Waals surface area contributed by atoms with E-state index in [9.17, 15) is 0 Å². The van der Waals surface area contributed by atoms with E-state index >= 15 is 0 Å². The van der Waals surface area contributed by atoms with E-state index < -0.39 is 8.32 Å². The Morgan fingerprint density at radius 2 is 1.14 bits per heavy atom. The topological polar surface area (TPSA) is 27.7 Å². The molecule has 4 heteroatoms. The van der Waals surface area contributed by atoms with Crippen LogP contribution in [0.3, 0.4) is 0 Å². The molecule has 3 nitrogen and oxygen atoms in total. The maximum absolute atomic E-state index is 7.11. The molecule has 0 radical (unpaired) electrons. The van der Waals surface area contributed by atoms with E-state index in [2.05, 4.69) is 88.4 Å². The maximum Gasteiger partial charge on any atom is 0.261 e. The van der Waals surface area contributed by atoms with Gasteiger partial charge in [-0.3, -0.25) is 0 Å². The summed E-state index contributed by atoms with van der Waals surface area (Å²) in [4.78, 5) is 0. The Hall–Kier alpha value is -1.46. The monoisotopic (exact) mass is 400 g/mol. The largest absolute Gasteiger partial charge is 0.407 e. The minimum absolute atomic E-state index is 0.0324. The van der Waals surface area contributed by atoms with Crippen LogP contribution in [0.4, 0.5) is 0 Å². The van der Waals surface area contributed by atoms with Crippen LogP contribution in [0, 0.1) is 5.41 Å². The Kier molecular flexibility index (Phi) is 8.02. The van der Waals surface area contributed by atoms with Crippen molar-refractivity contribution >= 4 is 18.7 Å². The van der Waals surface area contributed by atoms with Gasteiger partial charge in [-0.05, 0) is 21.8 Å². The molecule has 0 saturated carbocycles. The van der Waals surface area contributed by atoms with Crippen molar-refractivity contribution in [3.8, 4) is 0 Å². The van der Waals surface area contributed by atoms with Gasteiger partial charge >= 0.3 is 0 Å². The van der Waals surface area contributed by atoms with Gasteiger partial charge in [-0.15, -0.1) is 0 Å². The van der Waals surface area contributed by atoms with Gasteiger partial charge in [-0.2, -0.15) is 0 Å². The van der Waals surface area contributed by atoms with Gasteiger partial charge in [0.2, 0.25) is 0 Å². The smallest absolute Gasteiger partial charge is 0.261 e. The van der Waals surface area contributed by atoms with Crippen molar-refractivity contribution < 1.29 is 13.9 Å². The highest BCUT2D eigenvalue weighted by molar-refractivity contribution is 6.99. The Morgan fingerprint density at radius 1 is 0.714 bits per heavy atom. The summed E-state index contributed by atoms with van der Waals surface area (Å²) in [5, 5.41) is 2.57. The number of hydrogen-bond donors (Lipinski definition) is 0. The summed E-state index contributed by atoms with van der Waals surface area (Å²) < 4.78 is 18.2. The van der Waals surface area contributed by atoms with E-state index in [0.717, 1.165) is 6.42 Å². The molecule has 28 heavy (non-hydrogen) atoms. The van der Waals surface area contributed by atoms with Gasteiger partial charge in [-0.1, -0.05) is 88.4 Å². The molecule has 0 aliphatic heterocycles. The van der Waals surface area contributed by atoms with Gasteiger partial charge in [0, 0.05) is 26.2 Å². The van der Waals surface area contributed by atoms with Crippen molar-refractivity contribution in [1.82, 2.24) is 0 Å². The highest BCUT2D eigenvalue weighted by Crippen LogP contribution is 2.38. The lowest BCUT2D eigenvalue weighted by Gasteiger charge is -2.45. The lowest BCUT2D eigenvalue weighted by molar-refractivity contribution is -0.0238. The zero-order valence-electron chi connectivity index (χ0n) is 18.3. The molecule has 0 aromatic heterocycles. The van der Waals surface area contributed by atoms with E-state index in [1.54, 1.807) is 14.2 Å². The molecule has 0 amide bonds. The van der Waals surface area contributed by atoms with Crippen LogP contribution in [-0.4, -0.2) is 42.4 Å². The number of benzene rings is 2. The SMILES string of the molecule is CCC(COC)(COC)CO[Si](c1ccccc1)(c1ccccc1)C(C)(C)C. The molecule has 0 fully saturated rings. The van der Waals surface area contributed by atoms with Gasteiger partial charge in [-0.25, -0.2) is 0 Å². The van der Waals surface area contributed by atoms with Gasteiger partial charge in [0.05, 0.1) is 13.2 Å². The average molecular weight is 401 g/mol. The minimum Gasteiger partial charge on any atom is -0.407 e. The zero-order chi connectivity index (χ0) is 20.7. The third-order valence-corrected chi connectivity index (χ3v) is 10.6. The summed E-state index contributed by atoms with van der Waals surface area (Å²) in [6.45, 7) is 11.0. The molecular formula is C24H36O3Si. The number of ether oxygens (including phenoxy) is 2. The van der Waals surface area contributed by atoms with Crippen molar-refractivity contribution in [3.63, 3.8) is 0 Å².